The van der Waals surface area contributed by atoms with Gasteiger partial charge in [0.1, 0.15) is 19.3 Å². The van der Waals surface area contributed by atoms with Gasteiger partial charge in [-0.05, 0) is 37.5 Å². The van der Waals surface area contributed by atoms with Crippen LogP contribution in [0.4, 0.5) is 0 Å². The molecular formula is C82H160O17P2. The van der Waals surface area contributed by atoms with Crippen LogP contribution in [0.5, 0.6) is 0 Å². The first-order valence-corrected chi connectivity index (χ1v) is 45.5. The Kier molecular flexibility index (Phi) is 72.2. The Morgan fingerprint density at radius 1 is 0.267 bits per heavy atom. The van der Waals surface area contributed by atoms with Gasteiger partial charge in [0.25, 0.3) is 0 Å². The molecule has 0 saturated heterocycles. The molecule has 2 unspecified atom stereocenters. The molecule has 600 valence electrons. The second-order valence-electron chi connectivity index (χ2n) is 30.5. The number of ether oxygens (including phenoxy) is 4. The van der Waals surface area contributed by atoms with Crippen molar-refractivity contribution in [2.45, 2.75) is 452 Å². The molecule has 0 aliphatic rings. The number of hydrogen-bond donors (Lipinski definition) is 3. The molecule has 5 atom stereocenters. The average Bonchev–Trinajstić information content (AvgIpc) is 0.955. The zero-order chi connectivity index (χ0) is 74.2. The molecule has 0 fully saturated rings. The first kappa shape index (κ1) is 99.1. The Balaban J connectivity index is 5.26. The van der Waals surface area contributed by atoms with Gasteiger partial charge in [0.05, 0.1) is 26.4 Å². The highest BCUT2D eigenvalue weighted by atomic mass is 31.2. The van der Waals surface area contributed by atoms with E-state index in [0.717, 1.165) is 102 Å². The van der Waals surface area contributed by atoms with Crippen molar-refractivity contribution in [1.29, 1.82) is 0 Å². The Morgan fingerprint density at radius 3 is 0.673 bits per heavy atom. The van der Waals surface area contributed by atoms with E-state index in [1.54, 1.807) is 0 Å². The van der Waals surface area contributed by atoms with Gasteiger partial charge in [-0.25, -0.2) is 9.13 Å². The van der Waals surface area contributed by atoms with Crippen LogP contribution in [-0.4, -0.2) is 96.7 Å². The molecule has 19 heteroatoms. The number of hydrogen-bond acceptors (Lipinski definition) is 15. The van der Waals surface area contributed by atoms with Crippen LogP contribution in [-0.2, 0) is 65.4 Å². The molecule has 0 bridgehead atoms. The van der Waals surface area contributed by atoms with Crippen LogP contribution in [0.15, 0.2) is 0 Å². The maximum atomic E-state index is 13.1. The summed E-state index contributed by atoms with van der Waals surface area (Å²) in [6.45, 7) is 9.68. The predicted octanol–water partition coefficient (Wildman–Crippen LogP) is 24.7. The van der Waals surface area contributed by atoms with Crippen LogP contribution in [0.2, 0.25) is 0 Å². The molecule has 0 radical (unpaired) electrons. The van der Waals surface area contributed by atoms with E-state index in [4.69, 9.17) is 37.0 Å². The lowest BCUT2D eigenvalue weighted by Gasteiger charge is -2.21. The number of aliphatic hydroxyl groups is 1. The number of carbonyl (C=O) groups excluding carboxylic acids is 4. The van der Waals surface area contributed by atoms with Crippen LogP contribution in [0.3, 0.4) is 0 Å². The Hall–Kier alpha value is -1.94. The second kappa shape index (κ2) is 73.6. The fourth-order valence-corrected chi connectivity index (χ4v) is 14.3. The summed E-state index contributed by atoms with van der Waals surface area (Å²) in [4.78, 5) is 73.1. The molecule has 17 nitrogen and oxygen atoms in total. The summed E-state index contributed by atoms with van der Waals surface area (Å²) in [5.74, 6) is -0.533. The van der Waals surface area contributed by atoms with Crippen molar-refractivity contribution in [3.8, 4) is 0 Å². The summed E-state index contributed by atoms with van der Waals surface area (Å²) in [5, 5.41) is 10.7. The zero-order valence-electron chi connectivity index (χ0n) is 66.2. The van der Waals surface area contributed by atoms with Crippen LogP contribution in [0, 0.1) is 11.8 Å². The van der Waals surface area contributed by atoms with Crippen LogP contribution >= 0.6 is 15.6 Å². The lowest BCUT2D eigenvalue weighted by Crippen LogP contribution is -2.30. The molecule has 3 N–H and O–H groups in total. The number of carbonyl (C=O) groups is 4. The van der Waals surface area contributed by atoms with E-state index in [1.807, 2.05) is 0 Å². The maximum Gasteiger partial charge on any atom is 0.472 e. The number of esters is 4. The summed E-state index contributed by atoms with van der Waals surface area (Å²) < 4.78 is 68.8. The monoisotopic (exact) mass is 1480 g/mol. The Morgan fingerprint density at radius 2 is 0.455 bits per heavy atom. The van der Waals surface area contributed by atoms with E-state index in [9.17, 15) is 43.2 Å². The van der Waals surface area contributed by atoms with Gasteiger partial charge >= 0.3 is 39.5 Å². The summed E-state index contributed by atoms with van der Waals surface area (Å²) in [6, 6.07) is 0. The molecule has 0 heterocycles. The lowest BCUT2D eigenvalue weighted by molar-refractivity contribution is -0.161. The van der Waals surface area contributed by atoms with Gasteiger partial charge in [0.2, 0.25) is 0 Å². The van der Waals surface area contributed by atoms with Gasteiger partial charge in [-0.3, -0.25) is 37.3 Å². The van der Waals surface area contributed by atoms with Crippen molar-refractivity contribution in [2.24, 2.45) is 11.8 Å². The van der Waals surface area contributed by atoms with Crippen molar-refractivity contribution in [1.82, 2.24) is 0 Å². The highest BCUT2D eigenvalue weighted by Crippen LogP contribution is 2.45. The smallest absolute Gasteiger partial charge is 0.462 e. The molecule has 101 heavy (non-hydrogen) atoms. The molecule has 0 spiro atoms. The van der Waals surface area contributed by atoms with E-state index in [-0.39, 0.29) is 25.7 Å². The normalized spacial score (nSPS) is 13.9. The number of phosphoric ester groups is 2. The number of aliphatic hydroxyl groups excluding tert-OH is 1. The molecule has 0 saturated carbocycles. The molecule has 0 aliphatic heterocycles. The maximum absolute atomic E-state index is 13.1. The van der Waals surface area contributed by atoms with E-state index in [1.165, 1.54) is 250 Å². The number of phosphoric acid groups is 2. The zero-order valence-corrected chi connectivity index (χ0v) is 68.0. The van der Waals surface area contributed by atoms with Crippen molar-refractivity contribution in [2.75, 3.05) is 39.6 Å². The fraction of sp³-hybridized carbons (Fsp3) is 0.951. The Labute approximate surface area is 619 Å². The first-order chi connectivity index (χ1) is 48.9. The fourth-order valence-electron chi connectivity index (χ4n) is 12.7. The lowest BCUT2D eigenvalue weighted by atomic mass is 10.0. The van der Waals surface area contributed by atoms with Crippen molar-refractivity contribution >= 4 is 39.5 Å². The highest BCUT2D eigenvalue weighted by Gasteiger charge is 2.30. The minimum atomic E-state index is -4.96. The largest absolute Gasteiger partial charge is 0.472 e. The quantitative estimate of drug-likeness (QED) is 0.0222. The van der Waals surface area contributed by atoms with Gasteiger partial charge in [-0.2, -0.15) is 0 Å². The van der Waals surface area contributed by atoms with Gasteiger partial charge in [0.15, 0.2) is 12.2 Å². The Bertz CT molecular complexity index is 1940. The summed E-state index contributed by atoms with van der Waals surface area (Å²) >= 11 is 0. The van der Waals surface area contributed by atoms with E-state index < -0.39 is 97.5 Å². The molecule has 0 aromatic carbocycles. The third-order valence-corrected chi connectivity index (χ3v) is 21.1. The number of unbranched alkanes of at least 4 members (excludes halogenated alkanes) is 51. The van der Waals surface area contributed by atoms with Gasteiger partial charge in [-0.15, -0.1) is 0 Å². The standard InChI is InChI=1S/C82H160O17P2/c1-7-9-11-13-15-17-19-21-22-23-24-28-35-41-47-53-59-65-80(85)93-71-78(98-81(86)66-60-54-48-42-36-29-26-25-27-32-38-44-50-56-62-74(3)4)73-97-101(90,91)95-69-76(83)68-94-100(88,89)96-72-77(70-92-79(84)64-58-52-46-40-34-20-18-16-14-12-10-8-2)99-82(87)67-61-55-49-43-37-31-30-33-39-45-51-57-63-75(5)6/h74-78,83H,7-73H2,1-6H3,(H,88,89)(H,90,91)/t76-,77+,78+/m0/s1. The molecule has 0 rings (SSSR count). The summed E-state index contributed by atoms with van der Waals surface area (Å²) in [7, 11) is -9.92. The molecule has 0 aromatic rings. The van der Waals surface area contributed by atoms with Crippen molar-refractivity contribution < 1.29 is 80.2 Å². The highest BCUT2D eigenvalue weighted by molar-refractivity contribution is 7.47. The molecule has 0 aromatic heterocycles. The minimum Gasteiger partial charge on any atom is -0.462 e. The van der Waals surface area contributed by atoms with E-state index >= 15 is 0 Å². The van der Waals surface area contributed by atoms with E-state index in [2.05, 4.69) is 41.5 Å². The summed E-state index contributed by atoms with van der Waals surface area (Å²) in [6.07, 6.45) is 63.7. The third kappa shape index (κ3) is 76.1. The van der Waals surface area contributed by atoms with Crippen molar-refractivity contribution in [3.05, 3.63) is 0 Å². The van der Waals surface area contributed by atoms with Crippen molar-refractivity contribution in [3.63, 3.8) is 0 Å². The third-order valence-electron chi connectivity index (χ3n) is 19.2. The van der Waals surface area contributed by atoms with Gasteiger partial charge in [0, 0.05) is 25.7 Å². The van der Waals surface area contributed by atoms with Crippen LogP contribution in [0.1, 0.15) is 433 Å². The number of rotatable bonds is 81. The minimum absolute atomic E-state index is 0.107. The van der Waals surface area contributed by atoms with E-state index in [0.29, 0.717) is 25.7 Å². The van der Waals surface area contributed by atoms with Gasteiger partial charge in [-0.1, -0.05) is 382 Å². The molecular weight excluding hydrogens is 1320 g/mol. The molecule has 0 amide bonds. The van der Waals surface area contributed by atoms with Crippen LogP contribution < -0.4 is 0 Å². The molecule has 0 aliphatic carbocycles. The topological polar surface area (TPSA) is 237 Å². The predicted molar refractivity (Wildman–Crippen MR) is 414 cm³/mol. The summed E-state index contributed by atoms with van der Waals surface area (Å²) in [5.41, 5.74) is 0. The second-order valence-corrected chi connectivity index (χ2v) is 33.4. The van der Waals surface area contributed by atoms with Crippen LogP contribution in [0.25, 0.3) is 0 Å². The average molecular weight is 1480 g/mol. The van der Waals surface area contributed by atoms with Gasteiger partial charge < -0.3 is 33.8 Å². The first-order valence-electron chi connectivity index (χ1n) is 42.5. The SMILES string of the molecule is CCCCCCCCCCCCCCCCCCCC(=O)OC[C@H](COP(=O)(O)OC[C@@H](O)COP(=O)(O)OC[C@@H](COC(=O)CCCCCCCCCCCCCC)OC(=O)CCCCCCCCCCCCCCC(C)C)OC(=O)CCCCCCCCCCCCCCCCC(C)C.